The van der Waals surface area contributed by atoms with E-state index in [0.29, 0.717) is 0 Å². The van der Waals surface area contributed by atoms with Crippen molar-refractivity contribution in [2.24, 2.45) is 0 Å². The van der Waals surface area contributed by atoms with Gasteiger partial charge in [0.15, 0.2) is 0 Å². The molecule has 0 fully saturated rings. The Morgan fingerprint density at radius 3 is 2.56 bits per heavy atom. The summed E-state index contributed by atoms with van der Waals surface area (Å²) in [6.45, 7) is 2.03. The summed E-state index contributed by atoms with van der Waals surface area (Å²) in [7, 11) is 0. The van der Waals surface area contributed by atoms with Gasteiger partial charge in [-0.15, -0.1) is 0 Å². The Morgan fingerprint density at radius 2 is 1.88 bits per heavy atom. The topological polar surface area (TPSA) is 38.0 Å². The van der Waals surface area contributed by atoms with Crippen LogP contribution in [0.1, 0.15) is 5.56 Å². The molecule has 0 aromatic heterocycles. The first-order valence-electron chi connectivity index (χ1n) is 5.04. The van der Waals surface area contributed by atoms with Gasteiger partial charge in [-0.2, -0.15) is 0 Å². The minimum absolute atomic E-state index is 0.773. The number of halogens is 1. The predicted octanol–water partition coefficient (Wildman–Crippen LogP) is 4.08. The molecule has 2 rings (SSSR count). The SMILES string of the molecule is Cc1cc(N)cc(Nc2ccccc2Br)c1. The van der Waals surface area contributed by atoms with Crippen molar-refractivity contribution in [2.75, 3.05) is 11.1 Å². The van der Waals surface area contributed by atoms with E-state index in [2.05, 4.69) is 27.3 Å². The molecule has 3 N–H and O–H groups in total. The number of anilines is 3. The van der Waals surface area contributed by atoms with Gasteiger partial charge in [0, 0.05) is 15.8 Å². The van der Waals surface area contributed by atoms with Crippen LogP contribution in [0.5, 0.6) is 0 Å². The molecule has 0 spiro atoms. The van der Waals surface area contributed by atoms with Crippen molar-refractivity contribution in [1.29, 1.82) is 0 Å². The van der Waals surface area contributed by atoms with Crippen molar-refractivity contribution in [2.45, 2.75) is 6.92 Å². The lowest BCUT2D eigenvalue weighted by Crippen LogP contribution is -1.94. The van der Waals surface area contributed by atoms with E-state index in [0.717, 1.165) is 27.1 Å². The lowest BCUT2D eigenvalue weighted by molar-refractivity contribution is 1.44. The minimum atomic E-state index is 0.773. The highest BCUT2D eigenvalue weighted by Gasteiger charge is 2.00. The quantitative estimate of drug-likeness (QED) is 0.811. The number of para-hydroxylation sites is 1. The summed E-state index contributed by atoms with van der Waals surface area (Å²) in [6, 6.07) is 13.9. The molecule has 2 nitrogen and oxygen atoms in total. The molecule has 3 heteroatoms. The number of nitrogens with two attached hydrogens (primary N) is 1. The fraction of sp³-hybridized carbons (Fsp3) is 0.0769. The van der Waals surface area contributed by atoms with Gasteiger partial charge in [-0.25, -0.2) is 0 Å². The summed E-state index contributed by atoms with van der Waals surface area (Å²) in [5.41, 5.74) is 9.76. The van der Waals surface area contributed by atoms with E-state index in [1.165, 1.54) is 0 Å². The van der Waals surface area contributed by atoms with Gasteiger partial charge >= 0.3 is 0 Å². The third-order valence-corrected chi connectivity index (χ3v) is 2.94. The first-order valence-corrected chi connectivity index (χ1v) is 5.83. The number of hydrogen-bond donors (Lipinski definition) is 2. The maximum atomic E-state index is 5.80. The first-order chi connectivity index (χ1) is 7.65. The van der Waals surface area contributed by atoms with Crippen molar-refractivity contribution >= 4 is 33.0 Å². The normalized spacial score (nSPS) is 10.1. The van der Waals surface area contributed by atoms with Crippen LogP contribution in [-0.2, 0) is 0 Å². The van der Waals surface area contributed by atoms with Crippen LogP contribution in [-0.4, -0.2) is 0 Å². The van der Waals surface area contributed by atoms with Gasteiger partial charge in [-0.3, -0.25) is 0 Å². The first kappa shape index (κ1) is 11.0. The van der Waals surface area contributed by atoms with E-state index in [1.807, 2.05) is 43.3 Å². The number of rotatable bonds is 2. The fourth-order valence-electron chi connectivity index (χ4n) is 1.60. The van der Waals surface area contributed by atoms with E-state index < -0.39 is 0 Å². The van der Waals surface area contributed by atoms with E-state index in [1.54, 1.807) is 0 Å². The fourth-order valence-corrected chi connectivity index (χ4v) is 1.99. The Morgan fingerprint density at radius 1 is 1.12 bits per heavy atom. The van der Waals surface area contributed by atoms with Crippen LogP contribution in [0.2, 0.25) is 0 Å². The van der Waals surface area contributed by atoms with Gasteiger partial charge in [0.25, 0.3) is 0 Å². The van der Waals surface area contributed by atoms with Crippen LogP contribution < -0.4 is 11.1 Å². The van der Waals surface area contributed by atoms with Crippen molar-refractivity contribution in [3.63, 3.8) is 0 Å². The molecule has 0 saturated carbocycles. The Labute approximate surface area is 104 Å². The second kappa shape index (κ2) is 4.58. The zero-order valence-electron chi connectivity index (χ0n) is 9.00. The van der Waals surface area contributed by atoms with Gasteiger partial charge in [0.1, 0.15) is 0 Å². The third-order valence-electron chi connectivity index (χ3n) is 2.25. The maximum absolute atomic E-state index is 5.80. The second-order valence-electron chi connectivity index (χ2n) is 3.74. The molecule has 0 saturated heterocycles. The van der Waals surface area contributed by atoms with Crippen LogP contribution in [0, 0.1) is 6.92 Å². The van der Waals surface area contributed by atoms with Crippen molar-refractivity contribution in [3.05, 3.63) is 52.5 Å². The minimum Gasteiger partial charge on any atom is -0.399 e. The summed E-state index contributed by atoms with van der Waals surface area (Å²) in [5, 5.41) is 3.33. The molecule has 82 valence electrons. The Hall–Kier alpha value is -1.48. The van der Waals surface area contributed by atoms with Crippen molar-refractivity contribution < 1.29 is 0 Å². The Kier molecular flexibility index (Phi) is 3.15. The smallest absolute Gasteiger partial charge is 0.0528 e. The lowest BCUT2D eigenvalue weighted by atomic mass is 10.2. The van der Waals surface area contributed by atoms with Gasteiger partial charge in [-0.1, -0.05) is 12.1 Å². The predicted molar refractivity (Wildman–Crippen MR) is 73.0 cm³/mol. The highest BCUT2D eigenvalue weighted by atomic mass is 79.9. The Bertz CT molecular complexity index is 489. The van der Waals surface area contributed by atoms with Gasteiger partial charge in [0.05, 0.1) is 5.69 Å². The summed E-state index contributed by atoms with van der Waals surface area (Å²) >= 11 is 3.50. The molecular weight excluding hydrogens is 264 g/mol. The van der Waals surface area contributed by atoms with Crippen LogP contribution in [0.4, 0.5) is 17.1 Å². The van der Waals surface area contributed by atoms with E-state index in [4.69, 9.17) is 5.73 Å². The third kappa shape index (κ3) is 2.55. The highest BCUT2D eigenvalue weighted by Crippen LogP contribution is 2.26. The monoisotopic (exact) mass is 276 g/mol. The van der Waals surface area contributed by atoms with E-state index >= 15 is 0 Å². The zero-order valence-corrected chi connectivity index (χ0v) is 10.6. The number of nitrogen functional groups attached to an aromatic ring is 1. The van der Waals surface area contributed by atoms with Gasteiger partial charge in [0.2, 0.25) is 0 Å². The molecule has 2 aromatic rings. The molecule has 0 bridgehead atoms. The number of benzene rings is 2. The number of hydrogen-bond acceptors (Lipinski definition) is 2. The van der Waals surface area contributed by atoms with Crippen molar-refractivity contribution in [3.8, 4) is 0 Å². The molecule has 16 heavy (non-hydrogen) atoms. The van der Waals surface area contributed by atoms with Crippen molar-refractivity contribution in [1.82, 2.24) is 0 Å². The van der Waals surface area contributed by atoms with E-state index in [9.17, 15) is 0 Å². The van der Waals surface area contributed by atoms with Crippen LogP contribution in [0.15, 0.2) is 46.9 Å². The molecule has 0 aliphatic rings. The molecule has 0 radical (unpaired) electrons. The Balaban J connectivity index is 2.30. The van der Waals surface area contributed by atoms with Crippen LogP contribution in [0.25, 0.3) is 0 Å². The average molecular weight is 277 g/mol. The largest absolute Gasteiger partial charge is 0.399 e. The molecule has 0 aliphatic carbocycles. The molecule has 0 amide bonds. The van der Waals surface area contributed by atoms with Gasteiger partial charge < -0.3 is 11.1 Å². The summed E-state index contributed by atoms with van der Waals surface area (Å²) in [5.74, 6) is 0. The number of aryl methyl sites for hydroxylation is 1. The molecule has 2 aromatic carbocycles. The second-order valence-corrected chi connectivity index (χ2v) is 4.59. The zero-order chi connectivity index (χ0) is 11.5. The molecule has 0 aliphatic heterocycles. The summed E-state index contributed by atoms with van der Waals surface area (Å²) < 4.78 is 1.04. The average Bonchev–Trinajstić information content (AvgIpc) is 2.20. The summed E-state index contributed by atoms with van der Waals surface area (Å²) in [4.78, 5) is 0. The molecule has 0 atom stereocenters. The standard InChI is InChI=1S/C13H13BrN2/c1-9-6-10(15)8-11(7-9)16-13-5-3-2-4-12(13)14/h2-8,16H,15H2,1H3. The molecular formula is C13H13BrN2. The van der Waals surface area contributed by atoms with Crippen LogP contribution >= 0.6 is 15.9 Å². The maximum Gasteiger partial charge on any atom is 0.0528 e. The molecule has 0 unspecified atom stereocenters. The van der Waals surface area contributed by atoms with Crippen LogP contribution in [0.3, 0.4) is 0 Å². The van der Waals surface area contributed by atoms with E-state index in [-0.39, 0.29) is 0 Å². The highest BCUT2D eigenvalue weighted by molar-refractivity contribution is 9.10. The summed E-state index contributed by atoms with van der Waals surface area (Å²) in [6.07, 6.45) is 0. The number of nitrogens with one attached hydrogen (secondary N) is 1. The molecule has 0 heterocycles. The lowest BCUT2D eigenvalue weighted by Gasteiger charge is -2.09. The van der Waals surface area contributed by atoms with Gasteiger partial charge in [-0.05, 0) is 58.7 Å².